The molecule has 2 heterocycles. The van der Waals surface area contributed by atoms with E-state index < -0.39 is 5.60 Å². The van der Waals surface area contributed by atoms with Crippen LogP contribution < -0.4 is 0 Å². The molecule has 4 nitrogen and oxygen atoms in total. The molecule has 4 heteroatoms. The van der Waals surface area contributed by atoms with E-state index in [1.54, 1.807) is 0 Å². The molecule has 15 atom stereocenters. The Morgan fingerprint density at radius 2 is 1.62 bits per heavy atom. The summed E-state index contributed by atoms with van der Waals surface area (Å²) in [7, 11) is 0. The van der Waals surface area contributed by atoms with Crippen LogP contribution in [0.25, 0.3) is 0 Å². The van der Waals surface area contributed by atoms with Gasteiger partial charge in [-0.25, -0.2) is 0 Å². The van der Waals surface area contributed by atoms with Gasteiger partial charge in [0.25, 0.3) is 0 Å². The average Bonchev–Trinajstić information content (AvgIpc) is 3.53. The molecule has 2 saturated heterocycles. The minimum absolute atomic E-state index is 0.0221. The van der Waals surface area contributed by atoms with E-state index in [1.165, 1.54) is 44.2 Å². The van der Waals surface area contributed by atoms with Gasteiger partial charge in [-0.2, -0.15) is 0 Å². The molecule has 2 aliphatic heterocycles. The van der Waals surface area contributed by atoms with Crippen molar-refractivity contribution in [3.05, 3.63) is 35.9 Å². The quantitative estimate of drug-likeness (QED) is 0.386. The zero-order chi connectivity index (χ0) is 29.0. The molecule has 1 spiro atoms. The topological polar surface area (TPSA) is 63.9 Å². The highest BCUT2D eigenvalue weighted by molar-refractivity contribution is 5.19. The second-order valence-electron chi connectivity index (χ2n) is 17.6. The Balaban J connectivity index is 1.06. The van der Waals surface area contributed by atoms with Crippen LogP contribution in [0.15, 0.2) is 30.3 Å². The van der Waals surface area contributed by atoms with Crippen LogP contribution in [0.3, 0.4) is 0 Å². The van der Waals surface area contributed by atoms with Crippen molar-refractivity contribution in [1.82, 2.24) is 4.90 Å². The van der Waals surface area contributed by atoms with Gasteiger partial charge in [0.15, 0.2) is 0 Å². The fraction of sp³-hybridized carbons (Fsp3) is 0.842. The van der Waals surface area contributed by atoms with E-state index in [2.05, 4.69) is 56.0 Å². The molecule has 42 heavy (non-hydrogen) atoms. The fourth-order valence-corrected chi connectivity index (χ4v) is 13.8. The normalized spacial score (nSPS) is 55.4. The molecule has 5 saturated carbocycles. The molecular formula is C38H57NO3. The Labute approximate surface area is 254 Å². The Morgan fingerprint density at radius 3 is 2.43 bits per heavy atom. The lowest BCUT2D eigenvalue weighted by atomic mass is 9.46. The fourth-order valence-electron chi connectivity index (χ4n) is 13.8. The lowest BCUT2D eigenvalue weighted by molar-refractivity contribution is -0.180. The summed E-state index contributed by atoms with van der Waals surface area (Å²) in [6.45, 7) is 9.48. The second-order valence-corrected chi connectivity index (χ2v) is 17.6. The summed E-state index contributed by atoms with van der Waals surface area (Å²) >= 11 is 0. The van der Waals surface area contributed by atoms with Crippen LogP contribution in [0.1, 0.15) is 97.0 Å². The second kappa shape index (κ2) is 10.0. The molecule has 0 radical (unpaired) electrons. The highest BCUT2D eigenvalue weighted by Gasteiger charge is 2.67. The SMILES string of the molecule is C[C@@H]1CC[C@H]2N(C1)C[C@H]1[C@H]3C[C@@H]4[C@@H](C[C@H](O)[C@@H]5C[C@@H](O)[C@@]6(CC[C@H](Cc7ccccc7)C6)C[C@]45C)[C@H]3CC[C@H]1[C@]2(C)O. The van der Waals surface area contributed by atoms with Crippen molar-refractivity contribution in [3.8, 4) is 0 Å². The van der Waals surface area contributed by atoms with Gasteiger partial charge in [-0.05, 0) is 154 Å². The first-order valence-electron chi connectivity index (χ1n) is 18.0. The molecule has 0 amide bonds. The van der Waals surface area contributed by atoms with Gasteiger partial charge in [-0.1, -0.05) is 44.2 Å². The van der Waals surface area contributed by atoms with E-state index in [4.69, 9.17) is 0 Å². The zero-order valence-corrected chi connectivity index (χ0v) is 26.5. The molecule has 3 N–H and O–H groups in total. The van der Waals surface area contributed by atoms with E-state index in [0.29, 0.717) is 47.5 Å². The number of piperidine rings is 2. The van der Waals surface area contributed by atoms with Crippen LogP contribution >= 0.6 is 0 Å². The number of aliphatic hydroxyl groups excluding tert-OH is 2. The Kier molecular flexibility index (Phi) is 6.81. The van der Waals surface area contributed by atoms with Gasteiger partial charge in [0, 0.05) is 19.1 Å². The van der Waals surface area contributed by atoms with E-state index in [1.807, 2.05) is 0 Å². The monoisotopic (exact) mass is 575 g/mol. The van der Waals surface area contributed by atoms with Crippen LogP contribution in [0.4, 0.5) is 0 Å². The molecule has 5 aliphatic carbocycles. The third-order valence-corrected chi connectivity index (χ3v) is 15.5. The molecular weight excluding hydrogens is 518 g/mol. The van der Waals surface area contributed by atoms with Gasteiger partial charge in [-0.15, -0.1) is 0 Å². The van der Waals surface area contributed by atoms with Crippen molar-refractivity contribution in [2.24, 2.45) is 64.1 Å². The Bertz CT molecular complexity index is 1150. The maximum Gasteiger partial charge on any atom is 0.0805 e. The Morgan fingerprint density at radius 1 is 0.810 bits per heavy atom. The van der Waals surface area contributed by atoms with Crippen LogP contribution in [0.2, 0.25) is 0 Å². The summed E-state index contributed by atoms with van der Waals surface area (Å²) in [5.41, 5.74) is 0.985. The maximum atomic E-state index is 12.1. The molecule has 0 aromatic heterocycles. The molecule has 8 rings (SSSR count). The number of fused-ring (bicyclic) bond motifs is 8. The summed E-state index contributed by atoms with van der Waals surface area (Å²) < 4.78 is 0. The van der Waals surface area contributed by atoms with E-state index >= 15 is 0 Å². The summed E-state index contributed by atoms with van der Waals surface area (Å²) in [5, 5.41) is 35.6. The zero-order valence-electron chi connectivity index (χ0n) is 26.5. The largest absolute Gasteiger partial charge is 0.393 e. The highest BCUT2D eigenvalue weighted by atomic mass is 16.3. The average molecular weight is 576 g/mol. The first kappa shape index (κ1) is 28.5. The van der Waals surface area contributed by atoms with Crippen LogP contribution in [-0.2, 0) is 6.42 Å². The Hall–Kier alpha value is -0.940. The smallest absolute Gasteiger partial charge is 0.0805 e. The third-order valence-electron chi connectivity index (χ3n) is 15.5. The lowest BCUT2D eigenvalue weighted by Crippen LogP contribution is -2.67. The van der Waals surface area contributed by atoms with Crippen molar-refractivity contribution in [2.45, 2.75) is 122 Å². The molecule has 0 bridgehead atoms. The van der Waals surface area contributed by atoms with Crippen molar-refractivity contribution in [3.63, 3.8) is 0 Å². The van der Waals surface area contributed by atoms with Gasteiger partial charge in [0.1, 0.15) is 0 Å². The first-order chi connectivity index (χ1) is 20.1. The van der Waals surface area contributed by atoms with Gasteiger partial charge in [-0.3, -0.25) is 4.90 Å². The molecule has 232 valence electrons. The minimum Gasteiger partial charge on any atom is -0.393 e. The number of nitrogens with zero attached hydrogens (tertiary/aromatic N) is 1. The van der Waals surface area contributed by atoms with Gasteiger partial charge >= 0.3 is 0 Å². The molecule has 1 aromatic carbocycles. The van der Waals surface area contributed by atoms with Crippen LogP contribution in [0.5, 0.6) is 0 Å². The standard InChI is InChI=1S/C38H57NO3/c1-23-9-12-34-37(3,42)30-11-10-26-27(29(30)21-39(34)20-23)16-31-28(26)17-33(40)32-18-35(41)38(22-36(31,32)2)14-13-25(19-38)15-24-7-5-4-6-8-24/h4-8,23,25-35,40-42H,9-22H2,1-3H3/t23-,25-,26+,27+,28+,29+,30-,31-,32+,33+,34-,35-,36-,37+,38-/m1/s1. The van der Waals surface area contributed by atoms with Crippen molar-refractivity contribution < 1.29 is 15.3 Å². The van der Waals surface area contributed by atoms with Crippen molar-refractivity contribution in [1.29, 1.82) is 0 Å². The lowest BCUT2D eigenvalue weighted by Gasteiger charge is -2.60. The van der Waals surface area contributed by atoms with Crippen LogP contribution in [-0.4, -0.2) is 57.2 Å². The summed E-state index contributed by atoms with van der Waals surface area (Å²) in [6.07, 6.45) is 13.1. The number of rotatable bonds is 2. The summed E-state index contributed by atoms with van der Waals surface area (Å²) in [6, 6.07) is 11.3. The first-order valence-corrected chi connectivity index (χ1v) is 18.0. The molecule has 1 aromatic rings. The van der Waals surface area contributed by atoms with E-state index in [9.17, 15) is 15.3 Å². The van der Waals surface area contributed by atoms with Crippen LogP contribution in [0, 0.1) is 64.1 Å². The third kappa shape index (κ3) is 4.20. The van der Waals surface area contributed by atoms with Crippen molar-refractivity contribution >= 4 is 0 Å². The maximum absolute atomic E-state index is 12.1. The van der Waals surface area contributed by atoms with Gasteiger partial charge < -0.3 is 15.3 Å². The summed E-state index contributed by atoms with van der Waals surface area (Å²) in [4.78, 5) is 2.70. The van der Waals surface area contributed by atoms with E-state index in [0.717, 1.165) is 57.4 Å². The molecule has 7 aliphatic rings. The number of hydrogen-bond donors (Lipinski definition) is 3. The van der Waals surface area contributed by atoms with Gasteiger partial charge in [0.2, 0.25) is 0 Å². The molecule has 0 unspecified atom stereocenters. The number of aliphatic hydroxyl groups is 3. The van der Waals surface area contributed by atoms with Crippen molar-refractivity contribution in [2.75, 3.05) is 13.1 Å². The summed E-state index contributed by atoms with van der Waals surface area (Å²) in [5.74, 6) is 5.29. The number of hydrogen-bond acceptors (Lipinski definition) is 4. The predicted molar refractivity (Wildman–Crippen MR) is 167 cm³/mol. The molecule has 7 fully saturated rings. The minimum atomic E-state index is -0.579. The van der Waals surface area contributed by atoms with Gasteiger partial charge in [0.05, 0.1) is 17.8 Å². The predicted octanol–water partition coefficient (Wildman–Crippen LogP) is 6.32. The highest BCUT2D eigenvalue weighted by Crippen LogP contribution is 2.70. The number of benzene rings is 1. The van der Waals surface area contributed by atoms with E-state index in [-0.39, 0.29) is 29.0 Å².